The first-order chi connectivity index (χ1) is 34.7. The van der Waals surface area contributed by atoms with Crippen LogP contribution in [-0.2, 0) is 19.7 Å². The SMILES string of the molecule is C1CCSCC1.O=C(NC/C=C(\F)C(F)(F)S(=O)(=O)c1ccccc1N1CCSCC1)c1ccccc1C(=O)N1CCSCC1.O=C1c2ccccc2C(=O)N1C/C=C(\F)C(F)(F)S(=O)(=O)c1ccccc1F. The monoisotopic (exact) mass is 1110 g/mol. The Morgan fingerprint density at radius 1 is 0.589 bits per heavy atom. The van der Waals surface area contributed by atoms with Crippen LogP contribution in [0.25, 0.3) is 0 Å². The molecule has 12 nitrogen and oxygen atoms in total. The third-order valence-electron chi connectivity index (χ3n) is 11.5. The van der Waals surface area contributed by atoms with Crippen LogP contribution in [0.3, 0.4) is 0 Å². The van der Waals surface area contributed by atoms with E-state index in [0.29, 0.717) is 60.8 Å². The molecule has 8 rings (SSSR count). The predicted molar refractivity (Wildman–Crippen MR) is 270 cm³/mol. The summed E-state index contributed by atoms with van der Waals surface area (Å²) in [6.45, 7) is 0.416. The fourth-order valence-electron chi connectivity index (χ4n) is 7.58. The van der Waals surface area contributed by atoms with Gasteiger partial charge in [0.2, 0.25) is 0 Å². The number of carbonyl (C=O) groups is 4. The van der Waals surface area contributed by atoms with E-state index in [1.807, 2.05) is 0 Å². The zero-order chi connectivity index (χ0) is 53.0. The summed E-state index contributed by atoms with van der Waals surface area (Å²) in [4.78, 5) is 51.8. The largest absolute Gasteiger partial charge is 0.400 e. The molecule has 0 spiro atoms. The van der Waals surface area contributed by atoms with Crippen molar-refractivity contribution in [1.82, 2.24) is 15.1 Å². The van der Waals surface area contributed by atoms with E-state index in [1.54, 1.807) is 51.5 Å². The lowest BCUT2D eigenvalue weighted by molar-refractivity contribution is 0.0664. The molecule has 4 aliphatic rings. The highest BCUT2D eigenvalue weighted by Gasteiger charge is 2.53. The maximum absolute atomic E-state index is 15.0. The summed E-state index contributed by atoms with van der Waals surface area (Å²) in [5.41, 5.74) is 0.306. The highest BCUT2D eigenvalue weighted by Crippen LogP contribution is 2.41. The van der Waals surface area contributed by atoms with Gasteiger partial charge < -0.3 is 15.1 Å². The Labute approximate surface area is 431 Å². The predicted octanol–water partition coefficient (Wildman–Crippen LogP) is 9.32. The van der Waals surface area contributed by atoms with Crippen molar-refractivity contribution in [3.05, 3.63) is 149 Å². The highest BCUT2D eigenvalue weighted by atomic mass is 32.2. The average Bonchev–Trinajstić information content (AvgIpc) is 3.65. The number of para-hydroxylation sites is 1. The second-order valence-electron chi connectivity index (χ2n) is 16.2. The van der Waals surface area contributed by atoms with Crippen LogP contribution in [-0.4, -0.2) is 135 Å². The summed E-state index contributed by atoms with van der Waals surface area (Å²) in [6.07, 6.45) is 4.85. The third kappa shape index (κ3) is 13.2. The summed E-state index contributed by atoms with van der Waals surface area (Å²) >= 11 is 5.49. The number of rotatable bonds is 13. The molecular weight excluding hydrogens is 1070 g/mol. The second kappa shape index (κ2) is 25.3. The molecule has 0 atom stereocenters. The van der Waals surface area contributed by atoms with Crippen LogP contribution in [0.4, 0.5) is 36.4 Å². The van der Waals surface area contributed by atoms with Crippen LogP contribution in [0.15, 0.2) is 131 Å². The summed E-state index contributed by atoms with van der Waals surface area (Å²) in [5.74, 6) is -3.01. The molecule has 0 bridgehead atoms. The maximum Gasteiger partial charge on any atom is 0.400 e. The second-order valence-corrected chi connectivity index (χ2v) is 23.8. The first-order valence-electron chi connectivity index (χ1n) is 22.6. The van der Waals surface area contributed by atoms with E-state index in [1.165, 1.54) is 79.3 Å². The minimum Gasteiger partial charge on any atom is -0.369 e. The van der Waals surface area contributed by atoms with Crippen molar-refractivity contribution < 1.29 is 66.7 Å². The van der Waals surface area contributed by atoms with E-state index in [0.717, 1.165) is 29.7 Å². The van der Waals surface area contributed by atoms with E-state index < -0.39 is 88.3 Å². The molecule has 0 saturated carbocycles. The summed E-state index contributed by atoms with van der Waals surface area (Å²) in [7, 11) is -11.2. The molecule has 3 saturated heterocycles. The number of hydrogen-bond acceptors (Lipinski definition) is 12. The number of fused-ring (bicyclic) bond motifs is 1. The quantitative estimate of drug-likeness (QED) is 0.100. The Morgan fingerprint density at radius 3 is 1.60 bits per heavy atom. The first-order valence-corrected chi connectivity index (χ1v) is 29.1. The van der Waals surface area contributed by atoms with Gasteiger partial charge in [0, 0.05) is 55.7 Å². The molecule has 4 amide bonds. The van der Waals surface area contributed by atoms with Crippen molar-refractivity contribution in [2.45, 2.75) is 39.6 Å². The minimum atomic E-state index is -5.73. The van der Waals surface area contributed by atoms with E-state index in [2.05, 4.69) is 17.1 Å². The summed E-state index contributed by atoms with van der Waals surface area (Å²) < 4.78 is 151. The van der Waals surface area contributed by atoms with Crippen molar-refractivity contribution in [3.63, 3.8) is 0 Å². The lowest BCUT2D eigenvalue weighted by atomic mass is 10.1. The number of thioether (sulfide) groups is 3. The molecule has 4 aliphatic heterocycles. The fourth-order valence-corrected chi connectivity index (χ4v) is 13.0. The maximum atomic E-state index is 15.0. The van der Waals surface area contributed by atoms with Crippen molar-refractivity contribution in [2.75, 3.05) is 78.7 Å². The Bertz CT molecular complexity index is 2900. The van der Waals surface area contributed by atoms with Gasteiger partial charge in [0.15, 0.2) is 11.7 Å². The molecular formula is C49H49F7N4O8S5. The molecule has 0 radical (unpaired) electrons. The number of carbonyl (C=O) groups excluding carboxylic acids is 4. The van der Waals surface area contributed by atoms with Crippen LogP contribution < -0.4 is 10.2 Å². The number of nitrogens with one attached hydrogen (secondary N) is 1. The Kier molecular flexibility index (Phi) is 19.7. The summed E-state index contributed by atoms with van der Waals surface area (Å²) in [5, 5.41) is -7.65. The van der Waals surface area contributed by atoms with Gasteiger partial charge in [-0.2, -0.15) is 52.8 Å². The number of amides is 4. The zero-order valence-electron chi connectivity index (χ0n) is 38.8. The highest BCUT2D eigenvalue weighted by molar-refractivity contribution is 7.99. The molecule has 24 heteroatoms. The van der Waals surface area contributed by atoms with E-state index in [9.17, 15) is 58.0 Å². The number of nitrogens with zero attached hydrogens (tertiary/aromatic N) is 3. The van der Waals surface area contributed by atoms with Crippen molar-refractivity contribution >= 4 is 84.3 Å². The van der Waals surface area contributed by atoms with Gasteiger partial charge in [0.25, 0.3) is 43.3 Å². The fraction of sp³-hybridized carbons (Fsp3) is 0.347. The van der Waals surface area contributed by atoms with Crippen LogP contribution in [0.5, 0.6) is 0 Å². The summed E-state index contributed by atoms with van der Waals surface area (Å²) in [6, 6.07) is 20.4. The lowest BCUT2D eigenvalue weighted by Gasteiger charge is -2.30. The van der Waals surface area contributed by atoms with Crippen molar-refractivity contribution in [1.29, 1.82) is 0 Å². The topological polar surface area (TPSA) is 158 Å². The number of imide groups is 1. The van der Waals surface area contributed by atoms with E-state index in [-0.39, 0.29) is 39.9 Å². The number of benzene rings is 4. The first kappa shape index (κ1) is 57.0. The molecule has 392 valence electrons. The Balaban J connectivity index is 0.000000222. The normalized spacial score (nSPS) is 16.9. The molecule has 1 N–H and O–H groups in total. The number of hydrogen-bond donors (Lipinski definition) is 1. The van der Waals surface area contributed by atoms with Crippen LogP contribution in [0.1, 0.15) is 60.7 Å². The molecule has 4 heterocycles. The Morgan fingerprint density at radius 2 is 1.05 bits per heavy atom. The van der Waals surface area contributed by atoms with Gasteiger partial charge in [-0.3, -0.25) is 24.1 Å². The molecule has 4 aromatic rings. The minimum absolute atomic E-state index is 0.0162. The number of sulfone groups is 2. The molecule has 73 heavy (non-hydrogen) atoms. The van der Waals surface area contributed by atoms with E-state index in [4.69, 9.17) is 0 Å². The molecule has 0 aromatic heterocycles. The zero-order valence-corrected chi connectivity index (χ0v) is 42.9. The van der Waals surface area contributed by atoms with Gasteiger partial charge in [-0.25, -0.2) is 30.0 Å². The molecule has 0 unspecified atom stereocenters. The number of alkyl halides is 4. The number of halogens is 7. The average molecular weight is 1120 g/mol. The van der Waals surface area contributed by atoms with Gasteiger partial charge in [-0.15, -0.1) is 0 Å². The smallest absolute Gasteiger partial charge is 0.369 e. The third-order valence-corrected chi connectivity index (χ3v) is 18.1. The van der Waals surface area contributed by atoms with Crippen molar-refractivity contribution in [2.24, 2.45) is 0 Å². The molecule has 0 aliphatic carbocycles. The molecule has 4 aromatic carbocycles. The van der Waals surface area contributed by atoms with Gasteiger partial charge in [-0.1, -0.05) is 55.0 Å². The van der Waals surface area contributed by atoms with E-state index >= 15 is 8.78 Å². The molecule has 3 fully saturated rings. The van der Waals surface area contributed by atoms with Gasteiger partial charge in [0.05, 0.1) is 39.4 Å². The van der Waals surface area contributed by atoms with Gasteiger partial charge >= 0.3 is 10.5 Å². The van der Waals surface area contributed by atoms with Gasteiger partial charge in [0.1, 0.15) is 10.7 Å². The van der Waals surface area contributed by atoms with Crippen LogP contribution in [0, 0.1) is 5.82 Å². The van der Waals surface area contributed by atoms with Crippen LogP contribution >= 0.6 is 35.3 Å². The number of anilines is 1. The Hall–Kier alpha value is -5.30. The van der Waals surface area contributed by atoms with Gasteiger partial charge in [-0.05, 0) is 85.0 Å². The standard InChI is InChI=1S/C26H28F3N3O4S3.C18H11F4NO4S.C5H10S/c27-23(26(28,29)39(35,36)22-8-4-3-7-21(22)31-11-15-37-16-12-31)9-10-30-24(33)19-5-1-2-6-20(19)25(34)32-13-17-38-18-14-32;19-13-7-3-4-8-14(13)28(26,27)18(21,22)15(20)9-10-23-16(24)11-5-1-2-6-12(11)17(23)25;1-2-4-6-5-3-1/h1-9H,10-18H2,(H,30,33);1-9H,10H2;1-5H2/b23-9-;15-9-;. The van der Waals surface area contributed by atoms with Crippen LogP contribution in [0.2, 0.25) is 0 Å². The lowest BCUT2D eigenvalue weighted by Crippen LogP contribution is -2.39. The van der Waals surface area contributed by atoms with Crippen molar-refractivity contribution in [3.8, 4) is 0 Å².